The van der Waals surface area contributed by atoms with Crippen molar-refractivity contribution in [2.24, 2.45) is 11.3 Å². The van der Waals surface area contributed by atoms with Crippen LogP contribution in [0.15, 0.2) is 28.1 Å². The number of aromatic nitrogens is 1. The van der Waals surface area contributed by atoms with Crippen molar-refractivity contribution in [2.45, 2.75) is 44.6 Å². The molecule has 3 aliphatic carbocycles. The minimum absolute atomic E-state index is 0.0479. The second-order valence-electron chi connectivity index (χ2n) is 7.25. The topological polar surface area (TPSA) is 44.9 Å². The van der Waals surface area contributed by atoms with Crippen LogP contribution in [-0.4, -0.2) is 11.5 Å². The van der Waals surface area contributed by atoms with Gasteiger partial charge in [-0.1, -0.05) is 11.1 Å². The van der Waals surface area contributed by atoms with Crippen LogP contribution in [0.5, 0.6) is 0 Å². The molecule has 2 heterocycles. The summed E-state index contributed by atoms with van der Waals surface area (Å²) in [6.45, 7) is 3.43. The lowest BCUT2D eigenvalue weighted by atomic mass is 9.56. The Labute approximate surface area is 118 Å². The molecule has 1 saturated carbocycles. The molecule has 1 spiro atoms. The Bertz CT molecular complexity index is 716. The van der Waals surface area contributed by atoms with Gasteiger partial charge in [0, 0.05) is 17.2 Å². The smallest absolute Gasteiger partial charge is 0.248 e. The summed E-state index contributed by atoms with van der Waals surface area (Å²) in [6.07, 6.45) is 6.08. The summed E-state index contributed by atoms with van der Waals surface area (Å²) in [6, 6.07) is 3.80. The van der Waals surface area contributed by atoms with Crippen LogP contribution in [0.1, 0.15) is 43.9 Å². The van der Waals surface area contributed by atoms with E-state index < -0.39 is 0 Å². The maximum Gasteiger partial charge on any atom is 0.248 e. The summed E-state index contributed by atoms with van der Waals surface area (Å²) in [4.78, 5) is 14.8. The quantitative estimate of drug-likeness (QED) is 0.709. The van der Waals surface area contributed by atoms with Crippen molar-refractivity contribution in [3.05, 3.63) is 44.9 Å². The zero-order chi connectivity index (χ0) is 13.5. The second-order valence-corrected chi connectivity index (χ2v) is 7.25. The van der Waals surface area contributed by atoms with Crippen LogP contribution in [0.4, 0.5) is 0 Å². The van der Waals surface area contributed by atoms with E-state index in [1.807, 2.05) is 0 Å². The molecular weight excluding hydrogens is 248 g/mol. The van der Waals surface area contributed by atoms with Gasteiger partial charge in [-0.3, -0.25) is 4.79 Å². The van der Waals surface area contributed by atoms with Gasteiger partial charge in [0.25, 0.3) is 0 Å². The van der Waals surface area contributed by atoms with E-state index in [0.717, 1.165) is 25.3 Å². The van der Waals surface area contributed by atoms with Gasteiger partial charge in [-0.2, -0.15) is 0 Å². The Morgan fingerprint density at radius 3 is 3.05 bits per heavy atom. The lowest BCUT2D eigenvalue weighted by Gasteiger charge is -2.55. The molecule has 1 saturated heterocycles. The summed E-state index contributed by atoms with van der Waals surface area (Å²) >= 11 is 0. The van der Waals surface area contributed by atoms with Crippen LogP contribution >= 0.6 is 0 Å². The molecule has 1 aromatic rings. The fourth-order valence-electron chi connectivity index (χ4n) is 5.69. The first-order valence-electron chi connectivity index (χ1n) is 7.83. The summed E-state index contributed by atoms with van der Waals surface area (Å²) in [5.41, 5.74) is 6.41. The summed E-state index contributed by atoms with van der Waals surface area (Å²) in [5, 5.41) is 3.87. The van der Waals surface area contributed by atoms with Crippen molar-refractivity contribution >= 4 is 0 Å². The van der Waals surface area contributed by atoms with Gasteiger partial charge >= 0.3 is 0 Å². The van der Waals surface area contributed by atoms with E-state index in [4.69, 9.17) is 0 Å². The summed E-state index contributed by atoms with van der Waals surface area (Å²) in [5.74, 6) is 0.737. The van der Waals surface area contributed by atoms with Gasteiger partial charge in [0.15, 0.2) is 0 Å². The molecule has 20 heavy (non-hydrogen) atoms. The van der Waals surface area contributed by atoms with E-state index >= 15 is 0 Å². The summed E-state index contributed by atoms with van der Waals surface area (Å²) < 4.78 is 0. The predicted octanol–water partition coefficient (Wildman–Crippen LogP) is 2.24. The highest BCUT2D eigenvalue weighted by atomic mass is 16.1. The Kier molecular flexibility index (Phi) is 1.85. The van der Waals surface area contributed by atoms with Gasteiger partial charge in [0.05, 0.1) is 5.54 Å². The third kappa shape index (κ3) is 1.11. The van der Waals surface area contributed by atoms with Gasteiger partial charge < -0.3 is 10.3 Å². The Balaban J connectivity index is 1.82. The monoisotopic (exact) mass is 268 g/mol. The van der Waals surface area contributed by atoms with E-state index in [-0.39, 0.29) is 11.1 Å². The third-order valence-corrected chi connectivity index (χ3v) is 6.37. The molecule has 3 nitrogen and oxygen atoms in total. The van der Waals surface area contributed by atoms with E-state index in [9.17, 15) is 4.79 Å². The van der Waals surface area contributed by atoms with E-state index in [1.54, 1.807) is 17.2 Å². The zero-order valence-electron chi connectivity index (χ0n) is 11.9. The SMILES string of the molecule is CC1=C2CC23Cc2[nH]c(=O)ccc2[C@]2(C1)NCCC[C@H]32. The Morgan fingerprint density at radius 1 is 1.25 bits per heavy atom. The molecule has 0 amide bonds. The van der Waals surface area contributed by atoms with Crippen LogP contribution in [0.25, 0.3) is 0 Å². The predicted molar refractivity (Wildman–Crippen MR) is 77.5 cm³/mol. The van der Waals surface area contributed by atoms with Crippen LogP contribution in [0.2, 0.25) is 0 Å². The molecule has 104 valence electrons. The average molecular weight is 268 g/mol. The van der Waals surface area contributed by atoms with E-state index in [1.165, 1.54) is 30.5 Å². The van der Waals surface area contributed by atoms with Gasteiger partial charge in [0.1, 0.15) is 0 Å². The number of H-pyrrole nitrogens is 1. The fourth-order valence-corrected chi connectivity index (χ4v) is 5.69. The zero-order valence-corrected chi connectivity index (χ0v) is 11.9. The van der Waals surface area contributed by atoms with E-state index in [0.29, 0.717) is 5.41 Å². The molecule has 2 fully saturated rings. The lowest BCUT2D eigenvalue weighted by molar-refractivity contribution is 0.0648. The van der Waals surface area contributed by atoms with Crippen molar-refractivity contribution in [1.29, 1.82) is 0 Å². The molecule has 4 aliphatic rings. The van der Waals surface area contributed by atoms with Crippen LogP contribution in [-0.2, 0) is 12.0 Å². The lowest BCUT2D eigenvalue weighted by Crippen LogP contribution is -2.59. The highest BCUT2D eigenvalue weighted by molar-refractivity contribution is 5.53. The first kappa shape index (κ1) is 11.3. The number of fused-ring (bicyclic) bond motifs is 1. The largest absolute Gasteiger partial charge is 0.326 e. The number of piperidine rings is 1. The molecule has 3 atom stereocenters. The van der Waals surface area contributed by atoms with Gasteiger partial charge in [-0.05, 0) is 63.1 Å². The maximum atomic E-state index is 11.7. The normalized spacial score (nSPS) is 40.8. The van der Waals surface area contributed by atoms with Gasteiger partial charge in [-0.15, -0.1) is 0 Å². The summed E-state index contributed by atoms with van der Waals surface area (Å²) in [7, 11) is 0. The van der Waals surface area contributed by atoms with Crippen molar-refractivity contribution in [1.82, 2.24) is 10.3 Å². The molecule has 2 bridgehead atoms. The second kappa shape index (κ2) is 3.28. The Morgan fingerprint density at radius 2 is 2.15 bits per heavy atom. The molecule has 1 aliphatic heterocycles. The molecule has 2 N–H and O–H groups in total. The number of pyridine rings is 1. The molecule has 0 aromatic carbocycles. The van der Waals surface area contributed by atoms with Crippen molar-refractivity contribution in [3.8, 4) is 0 Å². The fraction of sp³-hybridized carbons (Fsp3) is 0.588. The van der Waals surface area contributed by atoms with Crippen molar-refractivity contribution in [2.75, 3.05) is 6.54 Å². The molecule has 0 radical (unpaired) electrons. The number of hydrogen-bond donors (Lipinski definition) is 2. The Hall–Kier alpha value is -1.35. The van der Waals surface area contributed by atoms with Crippen LogP contribution < -0.4 is 10.9 Å². The highest BCUT2D eigenvalue weighted by Crippen LogP contribution is 2.72. The minimum atomic E-state index is 0.0479. The third-order valence-electron chi connectivity index (χ3n) is 6.37. The minimum Gasteiger partial charge on any atom is -0.326 e. The number of nitrogens with one attached hydrogen (secondary N) is 2. The van der Waals surface area contributed by atoms with Gasteiger partial charge in [-0.25, -0.2) is 0 Å². The van der Waals surface area contributed by atoms with E-state index in [2.05, 4.69) is 23.3 Å². The molecule has 5 rings (SSSR count). The van der Waals surface area contributed by atoms with Crippen LogP contribution in [0.3, 0.4) is 0 Å². The number of rotatable bonds is 0. The van der Waals surface area contributed by atoms with Crippen LogP contribution in [0, 0.1) is 11.3 Å². The highest BCUT2D eigenvalue weighted by Gasteiger charge is 2.67. The number of allylic oxidation sites excluding steroid dienone is 1. The molecular formula is C17H20N2O. The standard InChI is InChI=1S/C17H20N2O/c1-10-7-17-11-4-5-15(20)19-13(11)9-16(8-12(10)16)14(17)3-2-6-18-17/h4-5,14,18H,2-3,6-9H2,1H3,(H,19,20)/t14-,16?,17+/m1/s1. The van der Waals surface area contributed by atoms with Crippen molar-refractivity contribution in [3.63, 3.8) is 0 Å². The first-order chi connectivity index (χ1) is 9.66. The average Bonchev–Trinajstić information content (AvgIpc) is 3.13. The maximum absolute atomic E-state index is 11.7. The molecule has 1 unspecified atom stereocenters. The van der Waals surface area contributed by atoms with Gasteiger partial charge in [0.2, 0.25) is 5.56 Å². The first-order valence-corrected chi connectivity index (χ1v) is 7.83. The van der Waals surface area contributed by atoms with Crippen molar-refractivity contribution < 1.29 is 0 Å². The number of aromatic amines is 1. The number of hydrogen-bond acceptors (Lipinski definition) is 2. The molecule has 3 heteroatoms. The molecule has 1 aromatic heterocycles.